The molecular formula is C9H10N4S2. The molecule has 0 fully saturated rings. The van der Waals surface area contributed by atoms with Gasteiger partial charge in [-0.15, -0.1) is 10.2 Å². The largest absolute Gasteiger partial charge is 0.330 e. The van der Waals surface area contributed by atoms with Crippen molar-refractivity contribution in [2.45, 2.75) is 15.8 Å². The molecule has 0 saturated carbocycles. The Morgan fingerprint density at radius 3 is 3.13 bits per heavy atom. The summed E-state index contributed by atoms with van der Waals surface area (Å²) >= 11 is 3.05. The molecule has 0 saturated heterocycles. The van der Waals surface area contributed by atoms with E-state index < -0.39 is 0 Å². The highest BCUT2D eigenvalue weighted by atomic mass is 32.2. The number of rotatable bonds is 4. The van der Waals surface area contributed by atoms with Gasteiger partial charge in [0.1, 0.15) is 10.5 Å². The van der Waals surface area contributed by atoms with E-state index in [9.17, 15) is 0 Å². The predicted octanol–water partition coefficient (Wildman–Crippen LogP) is 1.59. The van der Waals surface area contributed by atoms with E-state index in [1.165, 1.54) is 28.7 Å². The summed E-state index contributed by atoms with van der Waals surface area (Å²) in [4.78, 5) is 4.32. The fourth-order valence-electron chi connectivity index (χ4n) is 1.15. The van der Waals surface area contributed by atoms with Gasteiger partial charge in [0, 0.05) is 6.20 Å². The summed E-state index contributed by atoms with van der Waals surface area (Å²) in [6, 6.07) is 3.97. The minimum atomic E-state index is 0.634. The smallest absolute Gasteiger partial charge is 0.180 e. The van der Waals surface area contributed by atoms with Gasteiger partial charge < -0.3 is 5.73 Å². The zero-order chi connectivity index (χ0) is 10.5. The number of hydrogen-bond acceptors (Lipinski definition) is 6. The lowest BCUT2D eigenvalue weighted by Gasteiger charge is -2.03. The highest BCUT2D eigenvalue weighted by molar-refractivity contribution is 8.01. The van der Waals surface area contributed by atoms with Crippen molar-refractivity contribution in [1.29, 1.82) is 0 Å². The van der Waals surface area contributed by atoms with Crippen LogP contribution in [0.4, 0.5) is 0 Å². The third-order valence-electron chi connectivity index (χ3n) is 1.79. The van der Waals surface area contributed by atoms with Crippen LogP contribution < -0.4 is 5.73 Å². The number of nitrogens with two attached hydrogens (primary N) is 1. The van der Waals surface area contributed by atoms with Crippen LogP contribution in [0, 0.1) is 0 Å². The molecule has 0 aliphatic heterocycles. The summed E-state index contributed by atoms with van der Waals surface area (Å²) in [5, 5.41) is 8.73. The average molecular weight is 238 g/mol. The van der Waals surface area contributed by atoms with Crippen LogP contribution >= 0.6 is 23.1 Å². The molecule has 0 amide bonds. The number of hydrogen-bond donors (Lipinski definition) is 1. The van der Waals surface area contributed by atoms with Crippen molar-refractivity contribution in [2.75, 3.05) is 6.54 Å². The summed E-state index contributed by atoms with van der Waals surface area (Å²) in [6.07, 6.45) is 2.62. The molecule has 0 aromatic carbocycles. The van der Waals surface area contributed by atoms with E-state index in [1.54, 1.807) is 11.7 Å². The molecule has 6 heteroatoms. The second-order valence-corrected chi connectivity index (χ2v) is 4.88. The summed E-state index contributed by atoms with van der Waals surface area (Å²) < 4.78 is 0.909. The van der Waals surface area contributed by atoms with E-state index >= 15 is 0 Å². The lowest BCUT2D eigenvalue weighted by Crippen LogP contribution is -2.04. The molecule has 2 aromatic rings. The fraction of sp³-hybridized carbons (Fsp3) is 0.222. The van der Waals surface area contributed by atoms with Gasteiger partial charge in [0.2, 0.25) is 0 Å². The fourth-order valence-corrected chi connectivity index (χ4v) is 2.66. The lowest BCUT2D eigenvalue weighted by atomic mass is 10.2. The summed E-state index contributed by atoms with van der Waals surface area (Å²) in [5.74, 6) is 0. The summed E-state index contributed by atoms with van der Waals surface area (Å²) in [5.41, 5.74) is 8.42. The van der Waals surface area contributed by atoms with E-state index in [-0.39, 0.29) is 0 Å². The molecule has 0 bridgehead atoms. The second-order valence-electron chi connectivity index (χ2n) is 2.81. The van der Waals surface area contributed by atoms with Gasteiger partial charge in [-0.05, 0) is 36.4 Å². The van der Waals surface area contributed by atoms with Gasteiger partial charge >= 0.3 is 0 Å². The Bertz CT molecular complexity index is 416. The van der Waals surface area contributed by atoms with Crippen molar-refractivity contribution >= 4 is 23.1 Å². The van der Waals surface area contributed by atoms with Gasteiger partial charge in [-0.1, -0.05) is 17.4 Å². The van der Waals surface area contributed by atoms with Crippen molar-refractivity contribution in [3.63, 3.8) is 0 Å². The van der Waals surface area contributed by atoms with Crippen LogP contribution in [0.25, 0.3) is 0 Å². The Hall–Kier alpha value is -0.980. The summed E-state index contributed by atoms with van der Waals surface area (Å²) in [7, 11) is 0. The van der Waals surface area contributed by atoms with Gasteiger partial charge in [-0.25, -0.2) is 4.98 Å². The monoisotopic (exact) mass is 238 g/mol. The van der Waals surface area contributed by atoms with Gasteiger partial charge in [-0.3, -0.25) is 0 Å². The van der Waals surface area contributed by atoms with Crippen molar-refractivity contribution in [3.05, 3.63) is 29.4 Å². The number of nitrogens with zero attached hydrogens (tertiary/aromatic N) is 3. The van der Waals surface area contributed by atoms with Crippen LogP contribution in [0.1, 0.15) is 5.56 Å². The molecule has 2 N–H and O–H groups in total. The Labute approximate surface area is 95.9 Å². The number of aromatic nitrogens is 3. The highest BCUT2D eigenvalue weighted by Crippen LogP contribution is 2.29. The van der Waals surface area contributed by atoms with Gasteiger partial charge in [0.25, 0.3) is 0 Å². The first kappa shape index (κ1) is 10.5. The molecule has 78 valence electrons. The predicted molar refractivity (Wildman–Crippen MR) is 61.0 cm³/mol. The lowest BCUT2D eigenvalue weighted by molar-refractivity contribution is 0.909. The normalized spacial score (nSPS) is 10.5. The Morgan fingerprint density at radius 1 is 1.47 bits per heavy atom. The third-order valence-corrected chi connectivity index (χ3v) is 3.63. The van der Waals surface area contributed by atoms with E-state index in [2.05, 4.69) is 15.2 Å². The highest BCUT2D eigenvalue weighted by Gasteiger charge is 2.06. The molecule has 0 aliphatic carbocycles. The number of pyridine rings is 1. The third kappa shape index (κ3) is 2.74. The molecule has 0 aliphatic rings. The van der Waals surface area contributed by atoms with E-state index in [0.29, 0.717) is 6.54 Å². The minimum Gasteiger partial charge on any atom is -0.330 e. The first-order valence-electron chi connectivity index (χ1n) is 4.48. The Balaban J connectivity index is 2.20. The maximum atomic E-state index is 5.54. The molecule has 0 atom stereocenters. The van der Waals surface area contributed by atoms with E-state index in [4.69, 9.17) is 5.73 Å². The van der Waals surface area contributed by atoms with E-state index in [1.807, 2.05) is 12.1 Å². The maximum Gasteiger partial charge on any atom is 0.180 e. The van der Waals surface area contributed by atoms with Crippen molar-refractivity contribution < 1.29 is 0 Å². The van der Waals surface area contributed by atoms with Crippen LogP contribution in [0.5, 0.6) is 0 Å². The Morgan fingerprint density at radius 2 is 2.40 bits per heavy atom. The van der Waals surface area contributed by atoms with Crippen LogP contribution in [0.3, 0.4) is 0 Å². The van der Waals surface area contributed by atoms with Crippen molar-refractivity contribution in [2.24, 2.45) is 5.73 Å². The molecule has 2 rings (SSSR count). The molecular weight excluding hydrogens is 228 g/mol. The zero-order valence-electron chi connectivity index (χ0n) is 7.96. The van der Waals surface area contributed by atoms with Gasteiger partial charge in [-0.2, -0.15) is 0 Å². The van der Waals surface area contributed by atoms with Crippen LogP contribution in [-0.2, 0) is 6.42 Å². The zero-order valence-corrected chi connectivity index (χ0v) is 9.59. The SMILES string of the molecule is NCCc1cccnc1Sc1nncs1. The van der Waals surface area contributed by atoms with Gasteiger partial charge in [0.15, 0.2) is 4.34 Å². The molecule has 2 heterocycles. The standard InChI is InChI=1S/C9H10N4S2/c10-4-3-7-2-1-5-11-8(7)15-9-13-12-6-14-9/h1-2,5-6H,3-4,10H2. The quantitative estimate of drug-likeness (QED) is 0.876. The molecule has 0 spiro atoms. The minimum absolute atomic E-state index is 0.634. The van der Waals surface area contributed by atoms with Crippen LogP contribution in [0.15, 0.2) is 33.2 Å². The van der Waals surface area contributed by atoms with Crippen molar-refractivity contribution in [1.82, 2.24) is 15.2 Å². The topological polar surface area (TPSA) is 64.7 Å². The summed E-state index contributed by atoms with van der Waals surface area (Å²) in [6.45, 7) is 0.634. The van der Waals surface area contributed by atoms with E-state index in [0.717, 1.165) is 15.8 Å². The molecule has 15 heavy (non-hydrogen) atoms. The van der Waals surface area contributed by atoms with Gasteiger partial charge in [0.05, 0.1) is 0 Å². The first-order chi connectivity index (χ1) is 7.40. The molecule has 0 radical (unpaired) electrons. The average Bonchev–Trinajstić information content (AvgIpc) is 2.74. The first-order valence-corrected chi connectivity index (χ1v) is 6.17. The molecule has 2 aromatic heterocycles. The van der Waals surface area contributed by atoms with Crippen molar-refractivity contribution in [3.8, 4) is 0 Å². The second kappa shape index (κ2) is 5.20. The van der Waals surface area contributed by atoms with Crippen LogP contribution in [0.2, 0.25) is 0 Å². The maximum absolute atomic E-state index is 5.54. The molecule has 4 nitrogen and oxygen atoms in total. The molecule has 0 unspecified atom stereocenters. The van der Waals surface area contributed by atoms with Crippen LogP contribution in [-0.4, -0.2) is 21.7 Å². The Kier molecular flexibility index (Phi) is 3.65.